The number of halogens is 1. The summed E-state index contributed by atoms with van der Waals surface area (Å²) in [7, 11) is 0. The fraction of sp³-hybridized carbons (Fsp3) is 0.818. The number of alkyl carbamates (subject to hydrolysis) is 1. The molecule has 92 valence electrons. The summed E-state index contributed by atoms with van der Waals surface area (Å²) < 4.78 is 4.77. The van der Waals surface area contributed by atoms with E-state index < -0.39 is 11.5 Å². The maximum atomic E-state index is 11.8. The molecule has 0 aliphatic heterocycles. The average molecular weight is 248 g/mol. The minimum atomic E-state index is -0.462. The quantitative estimate of drug-likeness (QED) is 0.757. The van der Waals surface area contributed by atoms with Crippen molar-refractivity contribution in [2.24, 2.45) is 5.41 Å². The van der Waals surface area contributed by atoms with Gasteiger partial charge in [-0.15, -0.1) is 11.6 Å². The molecule has 1 aliphatic carbocycles. The molecule has 0 aromatic carbocycles. The second-order valence-corrected chi connectivity index (χ2v) is 4.39. The summed E-state index contributed by atoms with van der Waals surface area (Å²) in [6.07, 6.45) is 3.20. The molecule has 1 amide bonds. The van der Waals surface area contributed by atoms with Gasteiger partial charge in [-0.3, -0.25) is 4.79 Å². The van der Waals surface area contributed by atoms with Gasteiger partial charge >= 0.3 is 6.09 Å². The fourth-order valence-electron chi connectivity index (χ4n) is 2.17. The molecule has 0 radical (unpaired) electrons. The van der Waals surface area contributed by atoms with Crippen LogP contribution in [0.1, 0.15) is 32.6 Å². The van der Waals surface area contributed by atoms with Crippen molar-refractivity contribution >= 4 is 23.5 Å². The number of carbonyl (C=O) groups excluding carboxylic acids is 2. The predicted octanol–water partition coefficient (Wildman–Crippen LogP) is 2.10. The number of carbonyl (C=O) groups is 2. The molecule has 1 saturated carbocycles. The number of hydrogen-bond donors (Lipinski definition) is 1. The predicted molar refractivity (Wildman–Crippen MR) is 61.7 cm³/mol. The molecule has 1 aliphatic rings. The van der Waals surface area contributed by atoms with E-state index in [0.717, 1.165) is 25.7 Å². The molecule has 1 rings (SSSR count). The normalized spacial score (nSPS) is 18.1. The topological polar surface area (TPSA) is 55.4 Å². The Morgan fingerprint density at radius 3 is 2.50 bits per heavy atom. The van der Waals surface area contributed by atoms with Crippen molar-refractivity contribution in [3.63, 3.8) is 0 Å². The second-order valence-electron chi connectivity index (χ2n) is 4.12. The van der Waals surface area contributed by atoms with E-state index in [0.29, 0.717) is 13.2 Å². The summed E-state index contributed by atoms with van der Waals surface area (Å²) in [5.41, 5.74) is -0.450. The summed E-state index contributed by atoms with van der Waals surface area (Å²) >= 11 is 5.60. The van der Waals surface area contributed by atoms with Crippen LogP contribution in [0.15, 0.2) is 0 Å². The van der Waals surface area contributed by atoms with E-state index in [1.807, 2.05) is 0 Å². The molecule has 0 bridgehead atoms. The first-order valence-electron chi connectivity index (χ1n) is 5.64. The number of alkyl halides is 1. The lowest BCUT2D eigenvalue weighted by atomic mass is 9.82. The van der Waals surface area contributed by atoms with Crippen molar-refractivity contribution in [2.75, 3.05) is 19.0 Å². The third kappa shape index (κ3) is 3.11. The number of nitrogens with one attached hydrogen (secondary N) is 1. The Morgan fingerprint density at radius 1 is 1.38 bits per heavy atom. The highest BCUT2D eigenvalue weighted by molar-refractivity contribution is 6.28. The summed E-state index contributed by atoms with van der Waals surface area (Å²) in [5, 5.41) is 2.64. The van der Waals surface area contributed by atoms with Crippen LogP contribution in [0.2, 0.25) is 0 Å². The van der Waals surface area contributed by atoms with Crippen LogP contribution in [0.25, 0.3) is 0 Å². The Balaban J connectivity index is 2.52. The monoisotopic (exact) mass is 247 g/mol. The summed E-state index contributed by atoms with van der Waals surface area (Å²) in [6.45, 7) is 2.43. The summed E-state index contributed by atoms with van der Waals surface area (Å²) in [4.78, 5) is 23.0. The standard InChI is InChI=1S/C11H18ClNO3/c1-2-16-10(15)13-8-11(9(14)7-12)5-3-4-6-11/h2-8H2,1H3,(H,13,15). The van der Waals surface area contributed by atoms with Crippen molar-refractivity contribution in [3.8, 4) is 0 Å². The van der Waals surface area contributed by atoms with Crippen molar-refractivity contribution in [2.45, 2.75) is 32.6 Å². The molecule has 0 spiro atoms. The Hall–Kier alpha value is -0.770. The highest BCUT2D eigenvalue weighted by Crippen LogP contribution is 2.38. The van der Waals surface area contributed by atoms with Crippen molar-refractivity contribution < 1.29 is 14.3 Å². The van der Waals surface area contributed by atoms with E-state index in [1.54, 1.807) is 6.92 Å². The SMILES string of the molecule is CCOC(=O)NCC1(C(=O)CCl)CCCC1. The smallest absolute Gasteiger partial charge is 0.407 e. The van der Waals surface area contributed by atoms with Gasteiger partial charge in [-0.1, -0.05) is 12.8 Å². The van der Waals surface area contributed by atoms with Gasteiger partial charge in [0.1, 0.15) is 0 Å². The van der Waals surface area contributed by atoms with E-state index >= 15 is 0 Å². The van der Waals surface area contributed by atoms with Gasteiger partial charge in [0.25, 0.3) is 0 Å². The number of hydrogen-bond acceptors (Lipinski definition) is 3. The van der Waals surface area contributed by atoms with Crippen molar-refractivity contribution in [1.29, 1.82) is 0 Å². The summed E-state index contributed by atoms with van der Waals surface area (Å²) in [5.74, 6) is 0.0493. The molecule has 0 saturated heterocycles. The molecule has 1 fully saturated rings. The van der Waals surface area contributed by atoms with E-state index in [2.05, 4.69) is 5.32 Å². The molecule has 5 heteroatoms. The number of ketones is 1. The van der Waals surface area contributed by atoms with Crippen LogP contribution >= 0.6 is 11.6 Å². The van der Waals surface area contributed by atoms with Crippen molar-refractivity contribution in [3.05, 3.63) is 0 Å². The van der Waals surface area contributed by atoms with Gasteiger partial charge in [0.2, 0.25) is 0 Å². The van der Waals surface area contributed by atoms with Gasteiger partial charge in [-0.25, -0.2) is 4.79 Å². The summed E-state index contributed by atoms with van der Waals surface area (Å²) in [6, 6.07) is 0. The fourth-order valence-corrected chi connectivity index (χ4v) is 2.45. The number of ether oxygens (including phenoxy) is 1. The van der Waals surface area contributed by atoms with Crippen LogP contribution in [0.4, 0.5) is 4.79 Å². The Bertz CT molecular complexity index is 262. The first-order chi connectivity index (χ1) is 7.64. The van der Waals surface area contributed by atoms with E-state index in [1.165, 1.54) is 0 Å². The van der Waals surface area contributed by atoms with Gasteiger partial charge in [0.15, 0.2) is 5.78 Å². The molecule has 0 aromatic rings. The largest absolute Gasteiger partial charge is 0.450 e. The first kappa shape index (κ1) is 13.3. The van der Waals surface area contributed by atoms with Gasteiger partial charge in [-0.05, 0) is 19.8 Å². The molecule has 0 aromatic heterocycles. The minimum absolute atomic E-state index is 0.0184. The molecule has 0 unspecified atom stereocenters. The van der Waals surface area contributed by atoms with Gasteiger partial charge in [0.05, 0.1) is 12.5 Å². The highest BCUT2D eigenvalue weighted by Gasteiger charge is 2.40. The zero-order valence-corrected chi connectivity index (χ0v) is 10.3. The lowest BCUT2D eigenvalue weighted by Gasteiger charge is -2.26. The third-order valence-corrected chi connectivity index (χ3v) is 3.36. The van der Waals surface area contributed by atoms with Crippen LogP contribution < -0.4 is 5.32 Å². The third-order valence-electron chi connectivity index (χ3n) is 3.12. The van der Waals surface area contributed by atoms with E-state index in [4.69, 9.17) is 16.3 Å². The lowest BCUT2D eigenvalue weighted by Crippen LogP contribution is -2.42. The van der Waals surface area contributed by atoms with E-state index in [9.17, 15) is 9.59 Å². The van der Waals surface area contributed by atoms with Crippen LogP contribution in [0.3, 0.4) is 0 Å². The molecular weight excluding hydrogens is 230 g/mol. The molecule has 0 atom stereocenters. The van der Waals surface area contributed by atoms with Gasteiger partial charge < -0.3 is 10.1 Å². The average Bonchev–Trinajstić information content (AvgIpc) is 2.76. The zero-order chi connectivity index (χ0) is 12.0. The molecule has 16 heavy (non-hydrogen) atoms. The minimum Gasteiger partial charge on any atom is -0.450 e. The Kier molecular flexibility index (Phi) is 5.06. The molecular formula is C11H18ClNO3. The van der Waals surface area contributed by atoms with Crippen LogP contribution in [-0.2, 0) is 9.53 Å². The zero-order valence-electron chi connectivity index (χ0n) is 9.55. The maximum Gasteiger partial charge on any atom is 0.407 e. The highest BCUT2D eigenvalue weighted by atomic mass is 35.5. The first-order valence-corrected chi connectivity index (χ1v) is 6.18. The molecule has 0 heterocycles. The van der Waals surface area contributed by atoms with E-state index in [-0.39, 0.29) is 11.7 Å². The number of rotatable bonds is 5. The Morgan fingerprint density at radius 2 is 2.00 bits per heavy atom. The van der Waals surface area contributed by atoms with Crippen LogP contribution in [-0.4, -0.2) is 30.9 Å². The van der Waals surface area contributed by atoms with Crippen molar-refractivity contribution in [1.82, 2.24) is 5.32 Å². The van der Waals surface area contributed by atoms with Crippen LogP contribution in [0, 0.1) is 5.41 Å². The second kappa shape index (κ2) is 6.09. The Labute approximate surface area is 101 Å². The maximum absolute atomic E-state index is 11.8. The van der Waals surface area contributed by atoms with Gasteiger partial charge in [-0.2, -0.15) is 0 Å². The van der Waals surface area contributed by atoms with Crippen LogP contribution in [0.5, 0.6) is 0 Å². The molecule has 4 nitrogen and oxygen atoms in total. The lowest BCUT2D eigenvalue weighted by molar-refractivity contribution is -0.125. The number of amides is 1. The molecule has 1 N–H and O–H groups in total. The number of Topliss-reactive ketones (excluding diaryl/α,β-unsaturated/α-hetero) is 1. The van der Waals surface area contributed by atoms with Gasteiger partial charge in [0, 0.05) is 12.0 Å².